The minimum absolute atomic E-state index is 0.0260. The highest BCUT2D eigenvalue weighted by Gasteiger charge is 2.19. The molecule has 0 spiro atoms. The molecule has 0 bridgehead atoms. The molecular weight excluding hydrogens is 298 g/mol. The fourth-order valence-corrected chi connectivity index (χ4v) is 1.50. The van der Waals surface area contributed by atoms with Gasteiger partial charge in [0.25, 0.3) is 5.69 Å². The number of rotatable bonds is 3. The van der Waals surface area contributed by atoms with E-state index < -0.39 is 16.6 Å². The van der Waals surface area contributed by atoms with E-state index in [0.717, 1.165) is 5.01 Å². The molecule has 0 fully saturated rings. The largest absolute Gasteiger partial charge is 0.442 e. The van der Waals surface area contributed by atoms with Crippen molar-refractivity contribution in [2.75, 3.05) is 7.05 Å². The summed E-state index contributed by atoms with van der Waals surface area (Å²) in [7, 11) is 1.47. The van der Waals surface area contributed by atoms with Gasteiger partial charge in [0.2, 0.25) is 0 Å². The number of nitro groups is 1. The Bertz CT molecular complexity index is 577. The number of carbonyl (C=O) groups excluding carboxylic acids is 1. The van der Waals surface area contributed by atoms with Crippen LogP contribution in [0, 0.1) is 10.1 Å². The van der Waals surface area contributed by atoms with Gasteiger partial charge in [-0.2, -0.15) is 5.10 Å². The van der Waals surface area contributed by atoms with Crippen LogP contribution in [0.25, 0.3) is 0 Å². The Hall–Kier alpha value is -2.44. The Morgan fingerprint density at radius 2 is 1.87 bits per heavy atom. The molecule has 0 unspecified atom stereocenters. The molecule has 1 rings (SSSR count). The molecule has 0 saturated heterocycles. The molecule has 0 aliphatic carbocycles. The normalized spacial score (nSPS) is 11.2. The van der Waals surface area contributed by atoms with Crippen LogP contribution in [0.1, 0.15) is 47.1 Å². The van der Waals surface area contributed by atoms with Crippen LogP contribution in [0.5, 0.6) is 0 Å². The van der Waals surface area contributed by atoms with Crippen molar-refractivity contribution >= 4 is 17.5 Å². The summed E-state index contributed by atoms with van der Waals surface area (Å²) < 4.78 is 5.17. The van der Waals surface area contributed by atoms with Gasteiger partial charge in [-0.1, -0.05) is 26.0 Å². The summed E-state index contributed by atoms with van der Waals surface area (Å²) in [6.45, 7) is 10.9. The predicted molar refractivity (Wildman–Crippen MR) is 90.7 cm³/mol. The van der Waals surface area contributed by atoms with Crippen LogP contribution in [0.3, 0.4) is 0 Å². The Morgan fingerprint density at radius 1 is 1.30 bits per heavy atom. The Morgan fingerprint density at radius 3 is 2.35 bits per heavy atom. The average molecular weight is 323 g/mol. The minimum atomic E-state index is -0.611. The summed E-state index contributed by atoms with van der Waals surface area (Å²) in [6, 6.07) is 6.06. The van der Waals surface area contributed by atoms with Gasteiger partial charge in [0.05, 0.1) is 10.6 Å². The zero-order valence-electron chi connectivity index (χ0n) is 14.8. The number of ether oxygens (including phenoxy) is 1. The second kappa shape index (κ2) is 8.87. The standard InChI is InChI=1S/C14H19N3O4.C2H6/c1-10(11-7-6-8-12(9-11)17(19)20)15-16(5)13(18)21-14(2,3)4;1-2/h6-9H,1-5H3;1-2H3/b15-10-;. The molecule has 0 aromatic heterocycles. The number of nitrogens with zero attached hydrogens (tertiary/aromatic N) is 3. The number of benzene rings is 1. The molecule has 0 aliphatic heterocycles. The number of hydrogen-bond acceptors (Lipinski definition) is 5. The van der Waals surface area contributed by atoms with Crippen molar-refractivity contribution in [1.29, 1.82) is 0 Å². The number of non-ortho nitro benzene ring substituents is 1. The summed E-state index contributed by atoms with van der Waals surface area (Å²) in [4.78, 5) is 22.1. The Kier molecular flexibility index (Phi) is 7.93. The molecular formula is C16H25N3O4. The van der Waals surface area contributed by atoms with Gasteiger partial charge in [0, 0.05) is 24.7 Å². The van der Waals surface area contributed by atoms with Crippen molar-refractivity contribution in [3.8, 4) is 0 Å². The van der Waals surface area contributed by atoms with Crippen LogP contribution in [-0.4, -0.2) is 34.4 Å². The van der Waals surface area contributed by atoms with Gasteiger partial charge in [0.15, 0.2) is 0 Å². The smallest absolute Gasteiger partial charge is 0.430 e. The summed E-state index contributed by atoms with van der Waals surface area (Å²) in [5.74, 6) is 0. The molecule has 1 aromatic carbocycles. The number of hydrogen-bond donors (Lipinski definition) is 0. The van der Waals surface area contributed by atoms with Crippen molar-refractivity contribution in [3.05, 3.63) is 39.9 Å². The Balaban J connectivity index is 0.00000232. The molecule has 23 heavy (non-hydrogen) atoms. The highest BCUT2D eigenvalue weighted by atomic mass is 16.6. The topological polar surface area (TPSA) is 85.0 Å². The zero-order chi connectivity index (χ0) is 18.2. The maximum absolute atomic E-state index is 11.8. The van der Waals surface area contributed by atoms with E-state index in [1.165, 1.54) is 19.2 Å². The van der Waals surface area contributed by atoms with E-state index in [2.05, 4.69) is 5.10 Å². The van der Waals surface area contributed by atoms with E-state index in [-0.39, 0.29) is 5.69 Å². The van der Waals surface area contributed by atoms with Gasteiger partial charge in [-0.05, 0) is 27.7 Å². The molecule has 1 aromatic rings. The van der Waals surface area contributed by atoms with Crippen molar-refractivity contribution in [1.82, 2.24) is 5.01 Å². The first kappa shape index (κ1) is 20.6. The van der Waals surface area contributed by atoms with Gasteiger partial charge in [0.1, 0.15) is 5.60 Å². The quantitative estimate of drug-likeness (QED) is 0.473. The molecule has 128 valence electrons. The van der Waals surface area contributed by atoms with Crippen molar-refractivity contribution in [2.45, 2.75) is 47.1 Å². The molecule has 0 radical (unpaired) electrons. The lowest BCUT2D eigenvalue weighted by Crippen LogP contribution is -2.31. The molecule has 0 saturated carbocycles. The first-order valence-corrected chi connectivity index (χ1v) is 7.37. The van der Waals surface area contributed by atoms with Gasteiger partial charge in [-0.3, -0.25) is 10.1 Å². The van der Waals surface area contributed by atoms with Gasteiger partial charge < -0.3 is 4.74 Å². The number of hydrazone groups is 1. The zero-order valence-corrected chi connectivity index (χ0v) is 14.8. The van der Waals surface area contributed by atoms with Crippen LogP contribution in [0.2, 0.25) is 0 Å². The second-order valence-electron chi connectivity index (χ2n) is 5.50. The second-order valence-corrected chi connectivity index (χ2v) is 5.50. The predicted octanol–water partition coefficient (Wildman–Crippen LogP) is 4.21. The third-order valence-electron chi connectivity index (χ3n) is 2.43. The van der Waals surface area contributed by atoms with E-state index in [9.17, 15) is 14.9 Å². The molecule has 0 heterocycles. The van der Waals surface area contributed by atoms with E-state index in [1.807, 2.05) is 13.8 Å². The highest BCUT2D eigenvalue weighted by molar-refractivity contribution is 5.99. The Labute approximate surface area is 137 Å². The number of nitro benzene ring substituents is 1. The van der Waals surface area contributed by atoms with Crippen LogP contribution in [-0.2, 0) is 4.74 Å². The summed E-state index contributed by atoms with van der Waals surface area (Å²) in [6.07, 6.45) is -0.590. The molecule has 1 amide bonds. The lowest BCUT2D eigenvalue weighted by molar-refractivity contribution is -0.384. The maximum Gasteiger partial charge on any atom is 0.430 e. The molecule has 7 heteroatoms. The van der Waals surface area contributed by atoms with Gasteiger partial charge in [-0.15, -0.1) is 0 Å². The fourth-order valence-electron chi connectivity index (χ4n) is 1.50. The summed E-state index contributed by atoms with van der Waals surface area (Å²) in [5, 5.41) is 15.9. The average Bonchev–Trinajstić information content (AvgIpc) is 2.47. The number of amides is 1. The van der Waals surface area contributed by atoms with Crippen LogP contribution in [0.4, 0.5) is 10.5 Å². The minimum Gasteiger partial charge on any atom is -0.442 e. The SMILES string of the molecule is C/C(=N/N(C)C(=O)OC(C)(C)C)c1cccc([N+](=O)[O-])c1.CC. The van der Waals surface area contributed by atoms with Crippen molar-refractivity contribution < 1.29 is 14.5 Å². The van der Waals surface area contributed by atoms with E-state index >= 15 is 0 Å². The van der Waals surface area contributed by atoms with E-state index in [0.29, 0.717) is 11.3 Å². The third-order valence-corrected chi connectivity index (χ3v) is 2.43. The molecule has 7 nitrogen and oxygen atoms in total. The molecule has 0 N–H and O–H groups in total. The van der Waals surface area contributed by atoms with Gasteiger partial charge in [-0.25, -0.2) is 9.80 Å². The van der Waals surface area contributed by atoms with Crippen LogP contribution < -0.4 is 0 Å². The summed E-state index contributed by atoms with van der Waals surface area (Å²) in [5.41, 5.74) is 0.411. The lowest BCUT2D eigenvalue weighted by Gasteiger charge is -2.22. The molecule has 0 atom stereocenters. The maximum atomic E-state index is 11.8. The van der Waals surface area contributed by atoms with Crippen LogP contribution in [0.15, 0.2) is 29.4 Å². The van der Waals surface area contributed by atoms with Crippen molar-refractivity contribution in [2.24, 2.45) is 5.10 Å². The highest BCUT2D eigenvalue weighted by Crippen LogP contribution is 2.15. The first-order valence-electron chi connectivity index (χ1n) is 7.37. The number of carbonyl (C=O) groups is 1. The third kappa shape index (κ3) is 7.39. The lowest BCUT2D eigenvalue weighted by atomic mass is 10.1. The first-order chi connectivity index (χ1) is 10.6. The van der Waals surface area contributed by atoms with E-state index in [4.69, 9.17) is 4.74 Å². The fraction of sp³-hybridized carbons (Fsp3) is 0.500. The van der Waals surface area contributed by atoms with Gasteiger partial charge >= 0.3 is 6.09 Å². The van der Waals surface area contributed by atoms with E-state index in [1.54, 1.807) is 39.8 Å². The van der Waals surface area contributed by atoms with Crippen molar-refractivity contribution in [3.63, 3.8) is 0 Å². The van der Waals surface area contributed by atoms with Crippen LogP contribution >= 0.6 is 0 Å². The monoisotopic (exact) mass is 323 g/mol. The summed E-state index contributed by atoms with van der Waals surface area (Å²) >= 11 is 0. The molecule has 0 aliphatic rings.